The average molecular weight is 636 g/mol. The molecule has 2 aromatic heterocycles. The number of pyridine rings is 1. The van der Waals surface area contributed by atoms with Gasteiger partial charge in [0.25, 0.3) is 11.8 Å². The second kappa shape index (κ2) is 16.4. The molecule has 2 N–H and O–H groups in total. The zero-order valence-corrected chi connectivity index (χ0v) is 26.9. The highest BCUT2D eigenvalue weighted by molar-refractivity contribution is 7.93. The van der Waals surface area contributed by atoms with Crippen LogP contribution in [0.3, 0.4) is 0 Å². The highest BCUT2D eigenvalue weighted by atomic mass is 32.2. The first-order valence-corrected chi connectivity index (χ1v) is 17.0. The summed E-state index contributed by atoms with van der Waals surface area (Å²) < 4.78 is 24.0. The lowest BCUT2D eigenvalue weighted by atomic mass is 10.1. The monoisotopic (exact) mass is 635 g/mol. The second-order valence-electron chi connectivity index (χ2n) is 11.0. The summed E-state index contributed by atoms with van der Waals surface area (Å²) in [6, 6.07) is 10.4. The third-order valence-electron chi connectivity index (χ3n) is 7.22. The Kier molecular flexibility index (Phi) is 12.4. The number of anilines is 1. The van der Waals surface area contributed by atoms with Crippen LogP contribution < -0.4 is 5.32 Å². The highest BCUT2D eigenvalue weighted by Gasteiger charge is 2.17. The summed E-state index contributed by atoms with van der Waals surface area (Å²) in [5.74, 6) is 5.52. The molecule has 0 spiro atoms. The van der Waals surface area contributed by atoms with Gasteiger partial charge in [-0.2, -0.15) is 9.46 Å². The van der Waals surface area contributed by atoms with Gasteiger partial charge >= 0.3 is 0 Å². The van der Waals surface area contributed by atoms with E-state index in [1.54, 1.807) is 43.6 Å². The summed E-state index contributed by atoms with van der Waals surface area (Å²) in [5, 5.41) is 15.9. The summed E-state index contributed by atoms with van der Waals surface area (Å²) in [7, 11) is -0.998. The molecule has 13 heteroatoms. The Hall–Kier alpha value is -3.93. The average Bonchev–Trinajstić information content (AvgIpc) is 3.36. The van der Waals surface area contributed by atoms with Crippen LogP contribution in [0, 0.1) is 18.8 Å². The molecule has 1 aliphatic heterocycles. The van der Waals surface area contributed by atoms with Gasteiger partial charge in [0.1, 0.15) is 5.69 Å². The molecule has 1 aromatic carbocycles. The number of aromatic nitrogens is 3. The predicted molar refractivity (Wildman–Crippen MR) is 174 cm³/mol. The van der Waals surface area contributed by atoms with E-state index in [1.807, 2.05) is 13.0 Å². The molecule has 0 aliphatic carbocycles. The highest BCUT2D eigenvalue weighted by Crippen LogP contribution is 2.13. The van der Waals surface area contributed by atoms with E-state index >= 15 is 0 Å². The van der Waals surface area contributed by atoms with E-state index in [-0.39, 0.29) is 18.1 Å². The molecule has 0 unspecified atom stereocenters. The summed E-state index contributed by atoms with van der Waals surface area (Å²) in [5.41, 5.74) is 3.20. The number of rotatable bonds is 12. The largest absolute Gasteiger partial charge is 0.394 e. The minimum atomic E-state index is -2.71. The fourth-order valence-electron chi connectivity index (χ4n) is 4.89. The van der Waals surface area contributed by atoms with Gasteiger partial charge in [-0.25, -0.2) is 4.21 Å². The first-order chi connectivity index (χ1) is 21.6. The van der Waals surface area contributed by atoms with Crippen LogP contribution in [0.4, 0.5) is 5.69 Å². The van der Waals surface area contributed by atoms with E-state index in [0.29, 0.717) is 47.9 Å². The minimum absolute atomic E-state index is 0.0401. The number of nitrogens with zero attached hydrogens (tertiary/aromatic N) is 6. The van der Waals surface area contributed by atoms with E-state index in [4.69, 9.17) is 9.84 Å². The van der Waals surface area contributed by atoms with Crippen LogP contribution in [0.1, 0.15) is 44.1 Å². The summed E-state index contributed by atoms with van der Waals surface area (Å²) >= 11 is 0. The topological polar surface area (TPSA) is 142 Å². The molecule has 1 saturated heterocycles. The molecule has 3 heterocycles. The van der Waals surface area contributed by atoms with E-state index in [9.17, 15) is 13.8 Å². The summed E-state index contributed by atoms with van der Waals surface area (Å²) in [6.45, 7) is 8.20. The van der Waals surface area contributed by atoms with Crippen molar-refractivity contribution in [2.45, 2.75) is 13.3 Å². The molecule has 240 valence electrons. The molecule has 1 fully saturated rings. The van der Waals surface area contributed by atoms with Crippen LogP contribution in [-0.4, -0.2) is 117 Å². The quantitative estimate of drug-likeness (QED) is 0.226. The number of aliphatic hydroxyl groups is 1. The van der Waals surface area contributed by atoms with E-state index in [2.05, 4.69) is 41.4 Å². The van der Waals surface area contributed by atoms with Crippen molar-refractivity contribution in [1.82, 2.24) is 24.6 Å². The van der Waals surface area contributed by atoms with Gasteiger partial charge in [0, 0.05) is 81.0 Å². The summed E-state index contributed by atoms with van der Waals surface area (Å²) in [6.07, 6.45) is 5.15. The number of aryl methyl sites for hydroxylation is 2. The van der Waals surface area contributed by atoms with E-state index in [1.165, 1.54) is 17.1 Å². The van der Waals surface area contributed by atoms with Crippen molar-refractivity contribution in [2.24, 2.45) is 11.4 Å². The Morgan fingerprint density at radius 1 is 1.04 bits per heavy atom. The lowest BCUT2D eigenvalue weighted by Gasteiger charge is -2.34. The Bertz CT molecular complexity index is 1660. The van der Waals surface area contributed by atoms with Crippen molar-refractivity contribution in [2.75, 3.05) is 76.4 Å². The number of carbonyl (C=O) groups is 2. The van der Waals surface area contributed by atoms with Gasteiger partial charge in [0.2, 0.25) is 0 Å². The standard InChI is InChI=1S/C32H41N7O5S/c1-25-20-30(37(2)35-25)32(42)34-29-7-4-6-26(22-29)8-9-27-21-28(24-33-23-27)31(41)36-45(3,43)19-5-10-38-11-13-39(14-12-38)15-17-44-18-16-40/h4,6-7,20-24,40H,5,10-19H2,1-3H3,(H,34,42)/t45-/m1/s1. The SMILES string of the molecule is Cc1cc(C(=O)Nc2cccc(C#Cc3cncc(C(=O)N=[S@](C)(=O)CCCN4CCN(CCOCCO)CC4)c3)c2)n(C)n1. The molecule has 2 amide bonds. The number of amides is 2. The van der Waals surface area contributed by atoms with Gasteiger partial charge in [0.15, 0.2) is 0 Å². The molecule has 0 radical (unpaired) electrons. The fraction of sp³-hybridized carbons (Fsp3) is 0.438. The van der Waals surface area contributed by atoms with E-state index < -0.39 is 15.6 Å². The van der Waals surface area contributed by atoms with Crippen LogP contribution in [0.25, 0.3) is 0 Å². The molecular formula is C32H41N7O5S. The smallest absolute Gasteiger partial charge is 0.286 e. The number of hydrogen-bond donors (Lipinski definition) is 2. The third kappa shape index (κ3) is 10.9. The Labute approximate surface area is 265 Å². The molecular weight excluding hydrogens is 594 g/mol. The van der Waals surface area contributed by atoms with Gasteiger partial charge in [-0.3, -0.25) is 24.2 Å². The zero-order chi connectivity index (χ0) is 32.2. The Balaban J connectivity index is 1.29. The maximum Gasteiger partial charge on any atom is 0.286 e. The second-order valence-corrected chi connectivity index (χ2v) is 13.5. The third-order valence-corrected chi connectivity index (χ3v) is 8.82. The zero-order valence-electron chi connectivity index (χ0n) is 26.1. The molecule has 45 heavy (non-hydrogen) atoms. The predicted octanol–water partition coefficient (Wildman–Crippen LogP) is 2.03. The lowest BCUT2D eigenvalue weighted by Crippen LogP contribution is -2.47. The maximum absolute atomic E-state index is 13.1. The molecule has 3 aromatic rings. The lowest BCUT2D eigenvalue weighted by molar-refractivity contribution is 0.0577. The number of carbonyl (C=O) groups excluding carboxylic acids is 2. The number of nitrogens with one attached hydrogen (secondary N) is 1. The maximum atomic E-state index is 13.1. The van der Waals surface area contributed by atoms with Crippen molar-refractivity contribution in [1.29, 1.82) is 0 Å². The van der Waals surface area contributed by atoms with Crippen molar-refractivity contribution < 1.29 is 23.6 Å². The van der Waals surface area contributed by atoms with Gasteiger partial charge in [-0.15, -0.1) is 0 Å². The number of hydrogen-bond acceptors (Lipinski definition) is 9. The van der Waals surface area contributed by atoms with Gasteiger partial charge < -0.3 is 20.1 Å². The van der Waals surface area contributed by atoms with Crippen LogP contribution in [0.15, 0.2) is 53.2 Å². The van der Waals surface area contributed by atoms with E-state index in [0.717, 1.165) is 45.0 Å². The molecule has 1 atom stereocenters. The number of aliphatic hydroxyl groups excluding tert-OH is 1. The molecule has 12 nitrogen and oxygen atoms in total. The van der Waals surface area contributed by atoms with Gasteiger partial charge in [-0.1, -0.05) is 17.9 Å². The number of ether oxygens (including phenoxy) is 1. The van der Waals surface area contributed by atoms with Crippen molar-refractivity contribution in [3.05, 3.63) is 76.9 Å². The van der Waals surface area contributed by atoms with Crippen LogP contribution in [0.2, 0.25) is 0 Å². The summed E-state index contributed by atoms with van der Waals surface area (Å²) in [4.78, 5) is 34.3. The first kappa shape index (κ1) is 34.0. The Morgan fingerprint density at radius 2 is 1.78 bits per heavy atom. The minimum Gasteiger partial charge on any atom is -0.394 e. The van der Waals surface area contributed by atoms with Crippen LogP contribution in [0.5, 0.6) is 0 Å². The number of piperazine rings is 1. The normalized spacial score (nSPS) is 15.1. The molecule has 0 bridgehead atoms. The Morgan fingerprint density at radius 3 is 2.49 bits per heavy atom. The molecule has 1 aliphatic rings. The van der Waals surface area contributed by atoms with Crippen LogP contribution in [-0.2, 0) is 21.5 Å². The number of benzene rings is 1. The fourth-order valence-corrected chi connectivity index (χ4v) is 6.10. The van der Waals surface area contributed by atoms with Gasteiger partial charge in [0.05, 0.1) is 40.8 Å². The van der Waals surface area contributed by atoms with Crippen LogP contribution >= 0.6 is 0 Å². The first-order valence-electron chi connectivity index (χ1n) is 14.9. The van der Waals surface area contributed by atoms with Crippen molar-refractivity contribution in [3.8, 4) is 11.8 Å². The van der Waals surface area contributed by atoms with Crippen molar-refractivity contribution in [3.63, 3.8) is 0 Å². The molecule has 4 rings (SSSR count). The van der Waals surface area contributed by atoms with Crippen molar-refractivity contribution >= 4 is 27.2 Å². The van der Waals surface area contributed by atoms with Gasteiger partial charge in [-0.05, 0) is 50.2 Å². The molecule has 0 saturated carbocycles.